The Morgan fingerprint density at radius 3 is 2.70 bits per heavy atom. The van der Waals surface area contributed by atoms with Crippen LogP contribution >= 0.6 is 0 Å². The van der Waals surface area contributed by atoms with Gasteiger partial charge in [0.1, 0.15) is 11.4 Å². The van der Waals surface area contributed by atoms with E-state index >= 15 is 0 Å². The first kappa shape index (κ1) is 14.5. The molecule has 3 rings (SSSR count). The summed E-state index contributed by atoms with van der Waals surface area (Å²) in [4.78, 5) is 29.3. The lowest BCUT2D eigenvalue weighted by molar-refractivity contribution is -0.384. The number of carbonyl (C=O) groups excluding carboxylic acids is 1. The summed E-state index contributed by atoms with van der Waals surface area (Å²) in [5.41, 5.74) is 1.30. The molecule has 0 saturated heterocycles. The minimum atomic E-state index is -0.522. The van der Waals surface area contributed by atoms with Gasteiger partial charge in [-0.15, -0.1) is 0 Å². The van der Waals surface area contributed by atoms with Crippen LogP contribution in [0.25, 0.3) is 10.9 Å². The van der Waals surface area contributed by atoms with Gasteiger partial charge < -0.3 is 10.3 Å². The molecule has 23 heavy (non-hydrogen) atoms. The molecule has 2 aromatic carbocycles. The summed E-state index contributed by atoms with van der Waals surface area (Å²) >= 11 is 0. The van der Waals surface area contributed by atoms with Gasteiger partial charge in [-0.05, 0) is 18.2 Å². The lowest BCUT2D eigenvalue weighted by atomic mass is 10.2. The van der Waals surface area contributed by atoms with Crippen molar-refractivity contribution in [2.24, 2.45) is 4.99 Å². The normalized spacial score (nSPS) is 11.0. The molecule has 114 valence electrons. The van der Waals surface area contributed by atoms with Crippen LogP contribution in [-0.4, -0.2) is 22.2 Å². The number of hydrogen-bond acceptors (Lipinski definition) is 4. The Morgan fingerprint density at radius 2 is 1.91 bits per heavy atom. The van der Waals surface area contributed by atoms with E-state index in [0.29, 0.717) is 5.69 Å². The number of benzene rings is 2. The fourth-order valence-corrected chi connectivity index (χ4v) is 2.16. The van der Waals surface area contributed by atoms with Gasteiger partial charge in [-0.1, -0.05) is 30.3 Å². The zero-order chi connectivity index (χ0) is 16.2. The maximum Gasteiger partial charge on any atom is 0.294 e. The van der Waals surface area contributed by atoms with Crippen molar-refractivity contribution in [3.8, 4) is 0 Å². The summed E-state index contributed by atoms with van der Waals surface area (Å²) in [7, 11) is 0. The second kappa shape index (κ2) is 6.10. The van der Waals surface area contributed by atoms with Crippen molar-refractivity contribution in [2.75, 3.05) is 0 Å². The molecule has 3 aromatic rings. The van der Waals surface area contributed by atoms with E-state index in [1.165, 1.54) is 12.1 Å². The van der Waals surface area contributed by atoms with Gasteiger partial charge in [0.05, 0.1) is 11.3 Å². The van der Waals surface area contributed by atoms with Gasteiger partial charge in [-0.25, -0.2) is 4.99 Å². The Hall–Kier alpha value is -3.48. The molecule has 0 radical (unpaired) electrons. The van der Waals surface area contributed by atoms with E-state index in [9.17, 15) is 14.9 Å². The van der Waals surface area contributed by atoms with Crippen molar-refractivity contribution in [2.45, 2.75) is 0 Å². The number of nitrogens with one attached hydrogen (secondary N) is 2. The molecule has 2 N–H and O–H groups in total. The highest BCUT2D eigenvalue weighted by Gasteiger charge is 2.11. The van der Waals surface area contributed by atoms with E-state index in [-0.39, 0.29) is 17.3 Å². The van der Waals surface area contributed by atoms with Crippen LogP contribution in [0.4, 0.5) is 11.4 Å². The SMILES string of the molecule is O=C(NC=Nc1ccccc1[N+](=O)[O-])c1cc2ccccc2[nH]1. The lowest BCUT2D eigenvalue weighted by Gasteiger charge is -1.98. The van der Waals surface area contributed by atoms with E-state index in [4.69, 9.17) is 0 Å². The largest absolute Gasteiger partial charge is 0.351 e. The predicted molar refractivity (Wildman–Crippen MR) is 87.0 cm³/mol. The van der Waals surface area contributed by atoms with Gasteiger partial charge in [0, 0.05) is 17.0 Å². The number of H-pyrrole nitrogens is 1. The molecule has 1 heterocycles. The quantitative estimate of drug-likeness (QED) is 0.335. The minimum Gasteiger partial charge on any atom is -0.351 e. The van der Waals surface area contributed by atoms with Crippen LogP contribution < -0.4 is 5.32 Å². The highest BCUT2D eigenvalue weighted by atomic mass is 16.6. The standard InChI is InChI=1S/C16H12N4O3/c21-16(14-9-11-5-1-2-6-12(11)19-14)18-10-17-13-7-3-4-8-15(13)20(22)23/h1-10,19H,(H,17,18,21). The number of para-hydroxylation sites is 3. The molecular weight excluding hydrogens is 296 g/mol. The number of rotatable bonds is 4. The molecule has 1 amide bonds. The van der Waals surface area contributed by atoms with Crippen LogP contribution in [-0.2, 0) is 0 Å². The van der Waals surface area contributed by atoms with E-state index in [0.717, 1.165) is 17.2 Å². The fourth-order valence-electron chi connectivity index (χ4n) is 2.16. The van der Waals surface area contributed by atoms with Crippen molar-refractivity contribution in [1.82, 2.24) is 10.3 Å². The maximum atomic E-state index is 12.1. The molecule has 0 bridgehead atoms. The van der Waals surface area contributed by atoms with Crippen LogP contribution in [0.15, 0.2) is 59.6 Å². The zero-order valence-electron chi connectivity index (χ0n) is 11.9. The molecule has 0 unspecified atom stereocenters. The third-order valence-corrected chi connectivity index (χ3v) is 3.25. The predicted octanol–water partition coefficient (Wildman–Crippen LogP) is 3.17. The molecule has 1 aromatic heterocycles. The lowest BCUT2D eigenvalue weighted by Crippen LogP contribution is -2.21. The van der Waals surface area contributed by atoms with Gasteiger partial charge in [-0.2, -0.15) is 0 Å². The summed E-state index contributed by atoms with van der Waals surface area (Å²) in [6.07, 6.45) is 1.15. The van der Waals surface area contributed by atoms with Crippen LogP contribution in [0, 0.1) is 10.1 Å². The number of aliphatic imine (C=N–C) groups is 1. The van der Waals surface area contributed by atoms with Crippen LogP contribution in [0.2, 0.25) is 0 Å². The topological polar surface area (TPSA) is 100 Å². The van der Waals surface area contributed by atoms with E-state index in [2.05, 4.69) is 15.3 Å². The van der Waals surface area contributed by atoms with Crippen molar-refractivity contribution in [3.05, 3.63) is 70.4 Å². The molecule has 0 aliphatic heterocycles. The second-order valence-corrected chi connectivity index (χ2v) is 4.75. The highest BCUT2D eigenvalue weighted by Crippen LogP contribution is 2.25. The molecule has 0 spiro atoms. The first-order valence-corrected chi connectivity index (χ1v) is 6.80. The summed E-state index contributed by atoms with van der Waals surface area (Å²) in [5.74, 6) is -0.372. The van der Waals surface area contributed by atoms with E-state index < -0.39 is 4.92 Å². The number of amides is 1. The number of hydrogen-bond donors (Lipinski definition) is 2. The van der Waals surface area contributed by atoms with Crippen LogP contribution in [0.5, 0.6) is 0 Å². The van der Waals surface area contributed by atoms with Gasteiger partial charge in [0.2, 0.25) is 0 Å². The third kappa shape index (κ3) is 3.08. The van der Waals surface area contributed by atoms with Gasteiger partial charge in [-0.3, -0.25) is 14.9 Å². The average Bonchev–Trinajstić information content (AvgIpc) is 2.99. The zero-order valence-corrected chi connectivity index (χ0v) is 11.9. The number of nitro benzene ring substituents is 1. The van der Waals surface area contributed by atoms with E-state index in [1.807, 2.05) is 24.3 Å². The number of nitrogens with zero attached hydrogens (tertiary/aromatic N) is 2. The number of carbonyl (C=O) groups is 1. The first-order valence-electron chi connectivity index (χ1n) is 6.80. The van der Waals surface area contributed by atoms with Crippen molar-refractivity contribution < 1.29 is 9.72 Å². The minimum absolute atomic E-state index is 0.122. The van der Waals surface area contributed by atoms with Gasteiger partial charge in [0.25, 0.3) is 11.6 Å². The van der Waals surface area contributed by atoms with Crippen LogP contribution in [0.1, 0.15) is 10.5 Å². The first-order chi connectivity index (χ1) is 11.1. The molecular formula is C16H12N4O3. The summed E-state index contributed by atoms with van der Waals surface area (Å²) in [6, 6.07) is 15.3. The molecule has 0 aliphatic carbocycles. The molecule has 0 fully saturated rings. The highest BCUT2D eigenvalue weighted by molar-refractivity contribution is 6.03. The van der Waals surface area contributed by atoms with Gasteiger partial charge in [0.15, 0.2) is 0 Å². The van der Waals surface area contributed by atoms with Crippen molar-refractivity contribution >= 4 is 34.5 Å². The van der Waals surface area contributed by atoms with Crippen LogP contribution in [0.3, 0.4) is 0 Å². The number of aromatic nitrogens is 1. The molecule has 0 atom stereocenters. The van der Waals surface area contributed by atoms with Crippen molar-refractivity contribution in [1.29, 1.82) is 0 Å². The molecule has 0 aliphatic rings. The number of nitro groups is 1. The molecule has 7 heteroatoms. The molecule has 7 nitrogen and oxygen atoms in total. The smallest absolute Gasteiger partial charge is 0.294 e. The molecule has 0 saturated carbocycles. The Morgan fingerprint density at radius 1 is 1.17 bits per heavy atom. The third-order valence-electron chi connectivity index (χ3n) is 3.25. The summed E-state index contributed by atoms with van der Waals surface area (Å²) < 4.78 is 0. The van der Waals surface area contributed by atoms with Crippen molar-refractivity contribution in [3.63, 3.8) is 0 Å². The average molecular weight is 308 g/mol. The fraction of sp³-hybridized carbons (Fsp3) is 0. The Balaban J connectivity index is 1.75. The maximum absolute atomic E-state index is 12.1. The number of fused-ring (bicyclic) bond motifs is 1. The Kier molecular flexibility index (Phi) is 3.84. The summed E-state index contributed by atoms with van der Waals surface area (Å²) in [5, 5.41) is 14.3. The Bertz CT molecular complexity index is 881. The van der Waals surface area contributed by atoms with Gasteiger partial charge >= 0.3 is 0 Å². The summed E-state index contributed by atoms with van der Waals surface area (Å²) in [6.45, 7) is 0. The second-order valence-electron chi connectivity index (χ2n) is 4.75. The Labute approximate surface area is 130 Å². The van der Waals surface area contributed by atoms with E-state index in [1.54, 1.807) is 18.2 Å². The number of aromatic amines is 1. The monoisotopic (exact) mass is 308 g/mol.